The van der Waals surface area contributed by atoms with Crippen LogP contribution < -0.4 is 14.2 Å². The molecule has 0 saturated heterocycles. The van der Waals surface area contributed by atoms with Crippen LogP contribution in [0.4, 0.5) is 8.78 Å². The molecule has 0 aliphatic rings. The Hall–Kier alpha value is -2.90. The first-order valence-corrected chi connectivity index (χ1v) is 10.2. The van der Waals surface area contributed by atoms with E-state index in [1.54, 1.807) is 24.3 Å². The first-order chi connectivity index (χ1) is 15.0. The van der Waals surface area contributed by atoms with Gasteiger partial charge in [-0.2, -0.15) is 0 Å². The Labute approximate surface area is 193 Å². The van der Waals surface area contributed by atoms with E-state index in [4.69, 9.17) is 37.4 Å². The zero-order valence-electron chi connectivity index (χ0n) is 17.4. The van der Waals surface area contributed by atoms with Gasteiger partial charge in [-0.05, 0) is 39.0 Å². The Bertz CT molecular complexity index is 1130. The van der Waals surface area contributed by atoms with Gasteiger partial charge < -0.3 is 14.2 Å². The summed E-state index contributed by atoms with van der Waals surface area (Å²) in [6.07, 6.45) is 1.26. The number of benzene rings is 2. The smallest absolute Gasteiger partial charge is 0.346 e. The quantitative estimate of drug-likeness (QED) is 0.269. The molecule has 3 rings (SSSR count). The number of alkyl halides is 1. The van der Waals surface area contributed by atoms with Crippen LogP contribution in [-0.2, 0) is 0 Å². The van der Waals surface area contributed by atoms with Crippen molar-refractivity contribution in [1.29, 1.82) is 0 Å². The summed E-state index contributed by atoms with van der Waals surface area (Å²) in [6.45, 7) is 4.36. The number of hydrogen-bond acceptors (Lipinski definition) is 5. The maximum atomic E-state index is 14.6. The topological polar surface area (TPSA) is 57.7 Å². The largest absolute Gasteiger partial charge is 0.473 e. The predicted molar refractivity (Wildman–Crippen MR) is 118 cm³/mol. The summed E-state index contributed by atoms with van der Waals surface area (Å²) >= 11 is 12.3. The van der Waals surface area contributed by atoms with Crippen molar-refractivity contribution in [3.8, 4) is 23.1 Å². The zero-order valence-corrected chi connectivity index (χ0v) is 18.9. The molecule has 5 nitrogen and oxygen atoms in total. The second-order valence-electron chi connectivity index (χ2n) is 7.53. The average Bonchev–Trinajstić information content (AvgIpc) is 2.71. The molecule has 0 amide bonds. The summed E-state index contributed by atoms with van der Waals surface area (Å²) in [4.78, 5) is 16.3. The summed E-state index contributed by atoms with van der Waals surface area (Å²) < 4.78 is 44.1. The van der Waals surface area contributed by atoms with Crippen LogP contribution in [0.5, 0.6) is 23.1 Å². The predicted octanol–water partition coefficient (Wildman–Crippen LogP) is 6.97. The number of nitrogens with zero attached hydrogens (tertiary/aromatic N) is 1. The number of pyridine rings is 1. The molecule has 0 saturated carbocycles. The Morgan fingerprint density at radius 2 is 1.75 bits per heavy atom. The zero-order chi connectivity index (χ0) is 23.5. The minimum Gasteiger partial charge on any atom is -0.473 e. The molecule has 32 heavy (non-hydrogen) atoms. The fourth-order valence-electron chi connectivity index (χ4n) is 2.47. The second kappa shape index (κ2) is 9.71. The number of carbonyl (C=O) groups is 1. The Kier molecular flexibility index (Phi) is 7.21. The van der Waals surface area contributed by atoms with Crippen LogP contribution in [-0.4, -0.2) is 23.2 Å². The Morgan fingerprint density at radius 1 is 1.06 bits per heavy atom. The lowest BCUT2D eigenvalue weighted by molar-refractivity contribution is 0.0730. The lowest BCUT2D eigenvalue weighted by Crippen LogP contribution is -2.23. The van der Waals surface area contributed by atoms with E-state index in [1.807, 2.05) is 6.92 Å². The van der Waals surface area contributed by atoms with Crippen molar-refractivity contribution in [3.05, 3.63) is 75.7 Å². The fourth-order valence-corrected chi connectivity index (χ4v) is 2.88. The van der Waals surface area contributed by atoms with Crippen LogP contribution in [0.15, 0.2) is 48.7 Å². The highest BCUT2D eigenvalue weighted by molar-refractivity contribution is 6.32. The molecule has 0 N–H and O–H groups in total. The first-order valence-electron chi connectivity index (χ1n) is 9.45. The third-order valence-corrected chi connectivity index (χ3v) is 4.60. The second-order valence-corrected chi connectivity index (χ2v) is 8.35. The van der Waals surface area contributed by atoms with Gasteiger partial charge in [0.25, 0.3) is 0 Å². The van der Waals surface area contributed by atoms with Crippen molar-refractivity contribution in [2.45, 2.75) is 26.4 Å². The van der Waals surface area contributed by atoms with Crippen LogP contribution in [0.3, 0.4) is 0 Å². The number of halogens is 4. The fraction of sp³-hybridized carbons (Fsp3) is 0.217. The molecule has 0 aliphatic carbocycles. The highest BCUT2D eigenvalue weighted by Gasteiger charge is 2.20. The van der Waals surface area contributed by atoms with Gasteiger partial charge in [-0.1, -0.05) is 40.9 Å². The molecule has 2 aromatic carbocycles. The molecule has 0 unspecified atom stereocenters. The molecule has 1 aromatic heterocycles. The number of carbonyl (C=O) groups excluding carboxylic acids is 1. The third kappa shape index (κ3) is 6.31. The summed E-state index contributed by atoms with van der Waals surface area (Å²) in [6, 6.07) is 10.2. The molecular weight excluding hydrogens is 463 g/mol. The molecule has 3 aromatic rings. The molecule has 0 spiro atoms. The van der Waals surface area contributed by atoms with Gasteiger partial charge in [0, 0.05) is 12.1 Å². The van der Waals surface area contributed by atoms with E-state index < -0.39 is 17.5 Å². The van der Waals surface area contributed by atoms with Crippen molar-refractivity contribution in [3.63, 3.8) is 0 Å². The molecule has 0 atom stereocenters. The van der Waals surface area contributed by atoms with Gasteiger partial charge in [0.1, 0.15) is 40.4 Å². The number of hydrogen-bond donors (Lipinski definition) is 0. The van der Waals surface area contributed by atoms with Gasteiger partial charge in [0.05, 0.1) is 16.8 Å². The highest BCUT2D eigenvalue weighted by Crippen LogP contribution is 2.34. The summed E-state index contributed by atoms with van der Waals surface area (Å²) in [5.41, 5.74) is -0.925. The number of rotatable bonds is 7. The molecule has 0 fully saturated rings. The van der Waals surface area contributed by atoms with Crippen LogP contribution in [0.1, 0.15) is 29.8 Å². The van der Waals surface area contributed by atoms with Crippen molar-refractivity contribution < 1.29 is 27.8 Å². The third-order valence-electron chi connectivity index (χ3n) is 4.04. The van der Waals surface area contributed by atoms with Crippen molar-refractivity contribution in [1.82, 2.24) is 4.98 Å². The lowest BCUT2D eigenvalue weighted by Gasteiger charge is -2.15. The van der Waals surface area contributed by atoms with Gasteiger partial charge in [-0.15, -0.1) is 0 Å². The minimum atomic E-state index is -1.56. The number of aryl methyl sites for hydroxylation is 1. The Morgan fingerprint density at radius 3 is 2.38 bits per heavy atom. The first kappa shape index (κ1) is 23.8. The van der Waals surface area contributed by atoms with Crippen molar-refractivity contribution >= 4 is 29.2 Å². The summed E-state index contributed by atoms with van der Waals surface area (Å²) in [7, 11) is 0. The van der Waals surface area contributed by atoms with Gasteiger partial charge >= 0.3 is 5.97 Å². The normalized spacial score (nSPS) is 11.2. The standard InChI is InChI=1S/C23H19Cl2F2NO4/c1-13-4-6-14(7-5-13)32-22(29)16-9-17(24)20(10-19(16)26)31-15-8-18(25)21(28-11-15)30-12-23(2,3)27/h4-11H,12H2,1-3H3. The minimum absolute atomic E-state index is 0.0243. The van der Waals surface area contributed by atoms with Crippen molar-refractivity contribution in [2.24, 2.45) is 0 Å². The molecule has 0 radical (unpaired) electrons. The van der Waals surface area contributed by atoms with E-state index in [9.17, 15) is 13.6 Å². The molecule has 0 aliphatic heterocycles. The molecule has 9 heteroatoms. The van der Waals surface area contributed by atoms with Crippen LogP contribution in [0, 0.1) is 12.7 Å². The van der Waals surface area contributed by atoms with Gasteiger partial charge in [-0.3, -0.25) is 0 Å². The number of aromatic nitrogens is 1. The summed E-state index contributed by atoms with van der Waals surface area (Å²) in [5.74, 6) is -1.41. The van der Waals surface area contributed by atoms with E-state index in [-0.39, 0.29) is 45.3 Å². The number of esters is 1. The Balaban J connectivity index is 1.74. The summed E-state index contributed by atoms with van der Waals surface area (Å²) in [5, 5.41) is 0.0412. The van der Waals surface area contributed by atoms with Gasteiger partial charge in [0.15, 0.2) is 0 Å². The van der Waals surface area contributed by atoms with Gasteiger partial charge in [-0.25, -0.2) is 18.6 Å². The van der Waals surface area contributed by atoms with Gasteiger partial charge in [0.2, 0.25) is 5.88 Å². The lowest BCUT2D eigenvalue weighted by atomic mass is 10.2. The highest BCUT2D eigenvalue weighted by atomic mass is 35.5. The van der Waals surface area contributed by atoms with Crippen LogP contribution >= 0.6 is 23.2 Å². The van der Waals surface area contributed by atoms with Crippen LogP contribution in [0.25, 0.3) is 0 Å². The maximum absolute atomic E-state index is 14.6. The molecule has 1 heterocycles. The van der Waals surface area contributed by atoms with E-state index in [2.05, 4.69) is 4.98 Å². The molecule has 168 valence electrons. The molecule has 0 bridgehead atoms. The van der Waals surface area contributed by atoms with E-state index in [1.165, 1.54) is 26.1 Å². The van der Waals surface area contributed by atoms with E-state index in [0.29, 0.717) is 0 Å². The van der Waals surface area contributed by atoms with E-state index >= 15 is 0 Å². The van der Waals surface area contributed by atoms with Crippen molar-refractivity contribution in [2.75, 3.05) is 6.61 Å². The maximum Gasteiger partial charge on any atom is 0.346 e. The molecular formula is C23H19Cl2F2NO4. The average molecular weight is 482 g/mol. The number of ether oxygens (including phenoxy) is 3. The monoisotopic (exact) mass is 481 g/mol. The van der Waals surface area contributed by atoms with Crippen LogP contribution in [0.2, 0.25) is 10.0 Å². The van der Waals surface area contributed by atoms with E-state index in [0.717, 1.165) is 17.7 Å². The SMILES string of the molecule is Cc1ccc(OC(=O)c2cc(Cl)c(Oc3cnc(OCC(C)(C)F)c(Cl)c3)cc2F)cc1.